The van der Waals surface area contributed by atoms with Crippen LogP contribution in [0.3, 0.4) is 0 Å². The summed E-state index contributed by atoms with van der Waals surface area (Å²) in [4.78, 5) is 19.0. The Morgan fingerprint density at radius 3 is 2.35 bits per heavy atom. The van der Waals surface area contributed by atoms with E-state index in [2.05, 4.69) is 29.1 Å². The van der Waals surface area contributed by atoms with Crippen LogP contribution in [-0.2, 0) is 4.79 Å². The van der Waals surface area contributed by atoms with Crippen LogP contribution in [0, 0.1) is 0 Å². The smallest absolute Gasteiger partial charge is 0.236 e. The molecule has 0 saturated carbocycles. The maximum Gasteiger partial charge on any atom is 0.236 e. The molecule has 2 aliphatic heterocycles. The fourth-order valence-electron chi connectivity index (χ4n) is 3.08. The average Bonchev–Trinajstić information content (AvgIpc) is 2.47. The zero-order valence-electron chi connectivity index (χ0n) is 13.1. The summed E-state index contributed by atoms with van der Waals surface area (Å²) in [6.45, 7) is 10.1. The molecule has 5 nitrogen and oxygen atoms in total. The Kier molecular flexibility index (Phi) is 6.26. The van der Waals surface area contributed by atoms with Crippen LogP contribution in [0.1, 0.15) is 26.2 Å². The molecule has 2 saturated heterocycles. The number of nitrogens with one attached hydrogen (secondary N) is 1. The summed E-state index contributed by atoms with van der Waals surface area (Å²) in [6.07, 6.45) is 3.59. The van der Waals surface area contributed by atoms with Crippen LogP contribution in [-0.4, -0.2) is 86.1 Å². The number of likely N-dealkylation sites (N-methyl/N-ethyl adjacent to an activating group) is 1. The monoisotopic (exact) mass is 282 g/mol. The van der Waals surface area contributed by atoms with Crippen LogP contribution in [0.15, 0.2) is 0 Å². The van der Waals surface area contributed by atoms with Crippen LogP contribution in [0.2, 0.25) is 0 Å². The summed E-state index contributed by atoms with van der Waals surface area (Å²) in [5.41, 5.74) is 0. The summed E-state index contributed by atoms with van der Waals surface area (Å²) >= 11 is 0. The third kappa shape index (κ3) is 4.72. The summed E-state index contributed by atoms with van der Waals surface area (Å²) in [7, 11) is 2.12. The molecule has 0 aromatic heterocycles. The molecule has 0 aromatic carbocycles. The van der Waals surface area contributed by atoms with Crippen molar-refractivity contribution < 1.29 is 4.79 Å². The van der Waals surface area contributed by atoms with Crippen molar-refractivity contribution in [2.24, 2.45) is 0 Å². The van der Waals surface area contributed by atoms with Gasteiger partial charge in [-0.3, -0.25) is 4.79 Å². The molecule has 0 bridgehead atoms. The maximum atomic E-state index is 12.1. The van der Waals surface area contributed by atoms with Gasteiger partial charge in [-0.05, 0) is 45.9 Å². The SMILES string of the molecule is CCCN1CCC(NCC(=O)N2CCN(C)CC2)CC1. The van der Waals surface area contributed by atoms with Crippen molar-refractivity contribution in [3.63, 3.8) is 0 Å². The van der Waals surface area contributed by atoms with Gasteiger partial charge in [-0.1, -0.05) is 6.92 Å². The second-order valence-corrected chi connectivity index (χ2v) is 6.18. The fourth-order valence-corrected chi connectivity index (χ4v) is 3.08. The summed E-state index contributed by atoms with van der Waals surface area (Å²) < 4.78 is 0. The molecule has 0 spiro atoms. The van der Waals surface area contributed by atoms with Crippen LogP contribution < -0.4 is 5.32 Å². The Hall–Kier alpha value is -0.650. The minimum absolute atomic E-state index is 0.272. The second kappa shape index (κ2) is 7.96. The van der Waals surface area contributed by atoms with Crippen LogP contribution in [0.25, 0.3) is 0 Å². The van der Waals surface area contributed by atoms with E-state index in [1.54, 1.807) is 0 Å². The topological polar surface area (TPSA) is 38.8 Å². The van der Waals surface area contributed by atoms with Gasteiger partial charge in [0.1, 0.15) is 0 Å². The molecule has 0 unspecified atom stereocenters. The van der Waals surface area contributed by atoms with E-state index in [0.717, 1.165) is 26.2 Å². The highest BCUT2D eigenvalue weighted by Crippen LogP contribution is 2.10. The third-order valence-electron chi connectivity index (χ3n) is 4.53. The average molecular weight is 282 g/mol. The van der Waals surface area contributed by atoms with Gasteiger partial charge in [-0.2, -0.15) is 0 Å². The van der Waals surface area contributed by atoms with Gasteiger partial charge in [0, 0.05) is 32.2 Å². The van der Waals surface area contributed by atoms with E-state index in [0.29, 0.717) is 12.6 Å². The molecule has 2 fully saturated rings. The van der Waals surface area contributed by atoms with E-state index in [1.807, 2.05) is 4.90 Å². The Balaban J connectivity index is 1.62. The first-order valence-electron chi connectivity index (χ1n) is 8.11. The highest BCUT2D eigenvalue weighted by molar-refractivity contribution is 5.78. The van der Waals surface area contributed by atoms with E-state index in [4.69, 9.17) is 0 Å². The van der Waals surface area contributed by atoms with Crippen LogP contribution >= 0.6 is 0 Å². The molecule has 20 heavy (non-hydrogen) atoms. The number of carbonyl (C=O) groups is 1. The minimum Gasteiger partial charge on any atom is -0.339 e. The lowest BCUT2D eigenvalue weighted by Gasteiger charge is -2.34. The minimum atomic E-state index is 0.272. The van der Waals surface area contributed by atoms with E-state index in [-0.39, 0.29) is 5.91 Å². The van der Waals surface area contributed by atoms with Crippen molar-refractivity contribution in [2.45, 2.75) is 32.2 Å². The molecule has 2 rings (SSSR count). The quantitative estimate of drug-likeness (QED) is 0.783. The van der Waals surface area contributed by atoms with Gasteiger partial charge in [0.25, 0.3) is 0 Å². The van der Waals surface area contributed by atoms with Gasteiger partial charge in [0.05, 0.1) is 6.54 Å². The number of nitrogens with zero attached hydrogens (tertiary/aromatic N) is 3. The number of amides is 1. The third-order valence-corrected chi connectivity index (χ3v) is 4.53. The standard InChI is InChI=1S/C15H30N4O/c1-3-6-18-7-4-14(5-8-18)16-13-15(20)19-11-9-17(2)10-12-19/h14,16H,3-13H2,1-2H3. The molecule has 5 heteroatoms. The maximum absolute atomic E-state index is 12.1. The summed E-state index contributed by atoms with van der Waals surface area (Å²) in [6, 6.07) is 0.527. The Bertz CT molecular complexity index is 294. The zero-order chi connectivity index (χ0) is 14.4. The Morgan fingerprint density at radius 2 is 1.75 bits per heavy atom. The highest BCUT2D eigenvalue weighted by Gasteiger charge is 2.22. The van der Waals surface area contributed by atoms with Crippen molar-refractivity contribution >= 4 is 5.91 Å². The molecule has 0 radical (unpaired) electrons. The lowest BCUT2D eigenvalue weighted by molar-refractivity contribution is -0.132. The first-order chi connectivity index (χ1) is 9.69. The predicted molar refractivity (Wildman–Crippen MR) is 81.8 cm³/mol. The van der Waals surface area contributed by atoms with E-state index in [1.165, 1.54) is 38.9 Å². The molecule has 1 N–H and O–H groups in total. The van der Waals surface area contributed by atoms with E-state index >= 15 is 0 Å². The lowest BCUT2D eigenvalue weighted by Crippen LogP contribution is -2.51. The van der Waals surface area contributed by atoms with Crippen molar-refractivity contribution in [3.05, 3.63) is 0 Å². The van der Waals surface area contributed by atoms with E-state index in [9.17, 15) is 4.79 Å². The number of likely N-dealkylation sites (tertiary alicyclic amines) is 1. The number of hydrogen-bond donors (Lipinski definition) is 1. The summed E-state index contributed by atoms with van der Waals surface area (Å²) in [5.74, 6) is 0.272. The van der Waals surface area contributed by atoms with Gasteiger partial charge < -0.3 is 20.0 Å². The largest absolute Gasteiger partial charge is 0.339 e. The van der Waals surface area contributed by atoms with Gasteiger partial charge in [-0.15, -0.1) is 0 Å². The van der Waals surface area contributed by atoms with Crippen molar-refractivity contribution in [1.82, 2.24) is 20.0 Å². The molecule has 1 amide bonds. The number of piperazine rings is 1. The Labute approximate surface area is 123 Å². The van der Waals surface area contributed by atoms with Gasteiger partial charge >= 0.3 is 0 Å². The molecular formula is C15H30N4O. The van der Waals surface area contributed by atoms with E-state index < -0.39 is 0 Å². The van der Waals surface area contributed by atoms with Crippen molar-refractivity contribution in [1.29, 1.82) is 0 Å². The number of carbonyl (C=O) groups excluding carboxylic acids is 1. The number of piperidine rings is 1. The van der Waals surface area contributed by atoms with Crippen molar-refractivity contribution in [2.75, 3.05) is 59.4 Å². The first-order valence-corrected chi connectivity index (χ1v) is 8.11. The fraction of sp³-hybridized carbons (Fsp3) is 0.933. The van der Waals surface area contributed by atoms with Gasteiger partial charge in [0.15, 0.2) is 0 Å². The molecule has 0 atom stereocenters. The lowest BCUT2D eigenvalue weighted by atomic mass is 10.0. The van der Waals surface area contributed by atoms with Gasteiger partial charge in [-0.25, -0.2) is 0 Å². The normalized spacial score (nSPS) is 23.2. The molecular weight excluding hydrogens is 252 g/mol. The zero-order valence-corrected chi connectivity index (χ0v) is 13.1. The van der Waals surface area contributed by atoms with Gasteiger partial charge in [0.2, 0.25) is 5.91 Å². The predicted octanol–water partition coefficient (Wildman–Crippen LogP) is 0.224. The number of hydrogen-bond acceptors (Lipinski definition) is 4. The molecule has 116 valence electrons. The van der Waals surface area contributed by atoms with Crippen LogP contribution in [0.4, 0.5) is 0 Å². The highest BCUT2D eigenvalue weighted by atomic mass is 16.2. The van der Waals surface area contributed by atoms with Crippen molar-refractivity contribution in [3.8, 4) is 0 Å². The molecule has 2 aliphatic rings. The molecule has 2 heterocycles. The molecule has 0 aromatic rings. The Morgan fingerprint density at radius 1 is 1.10 bits per heavy atom. The molecule has 0 aliphatic carbocycles. The first kappa shape index (κ1) is 15.7. The summed E-state index contributed by atoms with van der Waals surface area (Å²) in [5, 5.41) is 3.46. The second-order valence-electron chi connectivity index (χ2n) is 6.18. The number of rotatable bonds is 5. The van der Waals surface area contributed by atoms with Crippen LogP contribution in [0.5, 0.6) is 0 Å².